The number of carbonyl (C=O) groups is 2. The van der Waals surface area contributed by atoms with Crippen molar-refractivity contribution in [3.8, 4) is 6.01 Å². The van der Waals surface area contributed by atoms with Gasteiger partial charge in [-0.2, -0.15) is 9.37 Å². The van der Waals surface area contributed by atoms with Crippen LogP contribution in [-0.2, 0) is 19.1 Å². The minimum Gasteiger partial charge on any atom is -0.465 e. The van der Waals surface area contributed by atoms with Gasteiger partial charge in [-0.25, -0.2) is 9.59 Å². The van der Waals surface area contributed by atoms with Gasteiger partial charge < -0.3 is 14.2 Å². The number of esters is 2. The molecule has 0 radical (unpaired) electrons. The Kier molecular flexibility index (Phi) is 4.93. The zero-order chi connectivity index (χ0) is 18.9. The molecule has 1 aromatic heterocycles. The summed E-state index contributed by atoms with van der Waals surface area (Å²) in [6, 6.07) is -0.360. The molecule has 1 unspecified atom stereocenters. The summed E-state index contributed by atoms with van der Waals surface area (Å²) in [5.41, 5.74) is -2.30. The largest absolute Gasteiger partial charge is 0.465 e. The van der Waals surface area contributed by atoms with E-state index in [1.807, 2.05) is 0 Å². The number of nitrogens with zero attached hydrogens (tertiary/aromatic N) is 2. The molecule has 2 rings (SSSR count). The molecular weight excluding hydrogens is 337 g/mol. The molecule has 9 nitrogen and oxygen atoms in total. The van der Waals surface area contributed by atoms with Crippen molar-refractivity contribution in [3.63, 3.8) is 0 Å². The van der Waals surface area contributed by atoms with Crippen molar-refractivity contribution in [1.82, 2.24) is 14.9 Å². The smallest absolute Gasteiger partial charge is 0.355 e. The Hall–Kier alpha value is -2.75. The Morgan fingerprint density at radius 2 is 1.88 bits per heavy atom. The van der Waals surface area contributed by atoms with Gasteiger partial charge in [0.1, 0.15) is 5.57 Å². The summed E-state index contributed by atoms with van der Waals surface area (Å²) in [6.07, 6.45) is -0.466. The second-order valence-electron chi connectivity index (χ2n) is 6.18. The number of hydrogen-bond donors (Lipinski definition) is 1. The summed E-state index contributed by atoms with van der Waals surface area (Å²) in [4.78, 5) is 39.4. The SMILES string of the molecule is COC(=O)C1=C(C(=O)OC)n2cc(F)c(=O)nc2OC1NC(C)(C)C. The van der Waals surface area contributed by atoms with Gasteiger partial charge >= 0.3 is 23.5 Å². The van der Waals surface area contributed by atoms with Crippen LogP contribution in [0.25, 0.3) is 5.70 Å². The lowest BCUT2D eigenvalue weighted by Gasteiger charge is -2.33. The molecule has 0 spiro atoms. The van der Waals surface area contributed by atoms with E-state index in [1.165, 1.54) is 0 Å². The zero-order valence-electron chi connectivity index (χ0n) is 14.4. The summed E-state index contributed by atoms with van der Waals surface area (Å²) in [6.45, 7) is 5.38. The number of hydrogen-bond acceptors (Lipinski definition) is 8. The van der Waals surface area contributed by atoms with Crippen LogP contribution >= 0.6 is 0 Å². The normalized spacial score (nSPS) is 16.8. The number of fused-ring (bicyclic) bond motifs is 1. The van der Waals surface area contributed by atoms with E-state index in [-0.39, 0.29) is 17.3 Å². The Morgan fingerprint density at radius 1 is 1.28 bits per heavy atom. The molecule has 0 fully saturated rings. The van der Waals surface area contributed by atoms with Crippen molar-refractivity contribution in [3.05, 3.63) is 27.9 Å². The van der Waals surface area contributed by atoms with Crippen LogP contribution < -0.4 is 15.6 Å². The number of methoxy groups -OCH3 is 2. The van der Waals surface area contributed by atoms with E-state index in [0.717, 1.165) is 18.8 Å². The highest BCUT2D eigenvalue weighted by Crippen LogP contribution is 2.29. The molecule has 2 heterocycles. The Labute approximate surface area is 142 Å². The molecule has 0 amide bonds. The molecule has 0 aromatic carbocycles. The lowest BCUT2D eigenvalue weighted by atomic mass is 10.1. The molecule has 0 saturated heterocycles. The molecule has 25 heavy (non-hydrogen) atoms. The Morgan fingerprint density at radius 3 is 2.40 bits per heavy atom. The Bertz CT molecular complexity index is 808. The summed E-state index contributed by atoms with van der Waals surface area (Å²) >= 11 is 0. The van der Waals surface area contributed by atoms with Crippen molar-refractivity contribution >= 4 is 17.6 Å². The highest BCUT2D eigenvalue weighted by atomic mass is 19.1. The van der Waals surface area contributed by atoms with Crippen LogP contribution in [0.2, 0.25) is 0 Å². The topological polar surface area (TPSA) is 109 Å². The second-order valence-corrected chi connectivity index (χ2v) is 6.18. The van der Waals surface area contributed by atoms with Gasteiger partial charge in [-0.15, -0.1) is 0 Å². The Balaban J connectivity index is 2.78. The first-order valence-electron chi connectivity index (χ1n) is 7.23. The summed E-state index contributed by atoms with van der Waals surface area (Å²) in [5.74, 6) is -3.05. The molecule has 0 saturated carbocycles. The van der Waals surface area contributed by atoms with Crippen LogP contribution in [0, 0.1) is 5.82 Å². The predicted octanol–water partition coefficient (Wildman–Crippen LogP) is 0.0461. The molecule has 10 heteroatoms. The van der Waals surface area contributed by atoms with Crippen LogP contribution in [0.3, 0.4) is 0 Å². The van der Waals surface area contributed by atoms with Gasteiger partial charge in [-0.1, -0.05) is 0 Å². The third kappa shape index (κ3) is 3.68. The first-order valence-corrected chi connectivity index (χ1v) is 7.23. The van der Waals surface area contributed by atoms with Gasteiger partial charge in [-0.3, -0.25) is 14.7 Å². The number of halogens is 1. The molecule has 1 N–H and O–H groups in total. The lowest BCUT2D eigenvalue weighted by Crippen LogP contribution is -2.52. The maximum atomic E-state index is 13.7. The number of ether oxygens (including phenoxy) is 3. The minimum atomic E-state index is -1.22. The van der Waals surface area contributed by atoms with Crippen molar-refractivity contribution in [2.75, 3.05) is 14.2 Å². The van der Waals surface area contributed by atoms with Gasteiger partial charge in [0, 0.05) is 5.54 Å². The van der Waals surface area contributed by atoms with E-state index >= 15 is 0 Å². The van der Waals surface area contributed by atoms with Gasteiger partial charge in [0.15, 0.2) is 11.9 Å². The van der Waals surface area contributed by atoms with Gasteiger partial charge in [0.05, 0.1) is 20.4 Å². The molecule has 1 atom stereocenters. The minimum absolute atomic E-state index is 0.235. The van der Waals surface area contributed by atoms with Crippen molar-refractivity contribution in [2.45, 2.75) is 32.5 Å². The van der Waals surface area contributed by atoms with Crippen LogP contribution in [0.4, 0.5) is 4.39 Å². The van der Waals surface area contributed by atoms with Gasteiger partial charge in [0.25, 0.3) is 0 Å². The molecule has 1 aliphatic heterocycles. The highest BCUT2D eigenvalue weighted by molar-refractivity contribution is 6.18. The standard InChI is InChI=1S/C15H18FN3O6/c1-15(2,3)18-11-8(12(21)23-4)9(13(22)24-5)19-6-7(16)10(20)17-14(19)25-11/h6,11,18H,1-5H3. The van der Waals surface area contributed by atoms with E-state index in [9.17, 15) is 18.8 Å². The lowest BCUT2D eigenvalue weighted by molar-refractivity contribution is -0.139. The average Bonchev–Trinajstić information content (AvgIpc) is 2.52. The van der Waals surface area contributed by atoms with Crippen LogP contribution in [0.15, 0.2) is 16.6 Å². The van der Waals surface area contributed by atoms with Crippen LogP contribution in [0.1, 0.15) is 20.8 Å². The van der Waals surface area contributed by atoms with Crippen molar-refractivity contribution in [1.29, 1.82) is 0 Å². The van der Waals surface area contributed by atoms with E-state index in [2.05, 4.69) is 15.0 Å². The maximum Gasteiger partial charge on any atom is 0.355 e. The highest BCUT2D eigenvalue weighted by Gasteiger charge is 2.40. The number of carbonyl (C=O) groups excluding carboxylic acids is 2. The summed E-state index contributed by atoms with van der Waals surface area (Å²) in [5, 5.41) is 2.97. The van der Waals surface area contributed by atoms with E-state index < -0.39 is 35.1 Å². The molecule has 0 aliphatic carbocycles. The van der Waals surface area contributed by atoms with E-state index in [0.29, 0.717) is 6.20 Å². The van der Waals surface area contributed by atoms with E-state index in [4.69, 9.17) is 9.47 Å². The quantitative estimate of drug-likeness (QED) is 0.758. The molecule has 0 bridgehead atoms. The van der Waals surface area contributed by atoms with Crippen molar-refractivity contribution in [2.24, 2.45) is 0 Å². The molecular formula is C15H18FN3O6. The fraction of sp³-hybridized carbons (Fsp3) is 0.467. The fourth-order valence-electron chi connectivity index (χ4n) is 2.19. The van der Waals surface area contributed by atoms with Crippen LogP contribution in [0.5, 0.6) is 6.01 Å². The first kappa shape index (κ1) is 18.6. The second kappa shape index (κ2) is 6.63. The monoisotopic (exact) mass is 355 g/mol. The summed E-state index contributed by atoms with van der Waals surface area (Å²) < 4.78 is 29.4. The molecule has 136 valence electrons. The molecule has 1 aromatic rings. The molecule has 1 aliphatic rings. The number of rotatable bonds is 3. The van der Waals surface area contributed by atoms with Crippen molar-refractivity contribution < 1.29 is 28.2 Å². The fourth-order valence-corrected chi connectivity index (χ4v) is 2.19. The average molecular weight is 355 g/mol. The van der Waals surface area contributed by atoms with E-state index in [1.54, 1.807) is 20.8 Å². The first-order chi connectivity index (χ1) is 11.6. The third-order valence-corrected chi connectivity index (χ3v) is 3.18. The number of aromatic nitrogens is 2. The van der Waals surface area contributed by atoms with Crippen LogP contribution in [-0.4, -0.2) is 47.5 Å². The zero-order valence-corrected chi connectivity index (χ0v) is 14.4. The summed E-state index contributed by atoms with van der Waals surface area (Å²) in [7, 11) is 2.22. The maximum absolute atomic E-state index is 13.7. The number of nitrogens with one attached hydrogen (secondary N) is 1. The van der Waals surface area contributed by atoms with Gasteiger partial charge in [-0.05, 0) is 20.8 Å². The van der Waals surface area contributed by atoms with Gasteiger partial charge in [0.2, 0.25) is 5.82 Å². The predicted molar refractivity (Wildman–Crippen MR) is 83.0 cm³/mol. The third-order valence-electron chi connectivity index (χ3n) is 3.18.